The molecule has 4 heteroatoms. The molecule has 1 aliphatic heterocycles. The molecule has 1 fully saturated rings. The summed E-state index contributed by atoms with van der Waals surface area (Å²) in [5, 5.41) is 5.72. The minimum absolute atomic E-state index is 0.165. The van der Waals surface area contributed by atoms with E-state index in [2.05, 4.69) is 27.7 Å². The number of nitrogens with one attached hydrogen (secondary N) is 2. The number of anilines is 2. The number of carbonyl (C=O) groups excluding carboxylic acids is 1. The molecule has 0 radical (unpaired) electrons. The predicted molar refractivity (Wildman–Crippen MR) is 79.8 cm³/mol. The van der Waals surface area contributed by atoms with Gasteiger partial charge >= 0.3 is 6.03 Å². The number of nitrogens with zero attached hydrogens (tertiary/aromatic N) is 1. The summed E-state index contributed by atoms with van der Waals surface area (Å²) in [4.78, 5) is 14.1. The van der Waals surface area contributed by atoms with Crippen molar-refractivity contribution in [3.8, 4) is 0 Å². The Morgan fingerprint density at radius 3 is 2.21 bits per heavy atom. The van der Waals surface area contributed by atoms with Crippen LogP contribution in [-0.2, 0) is 0 Å². The first-order valence-corrected chi connectivity index (χ1v) is 6.88. The number of amides is 2. The van der Waals surface area contributed by atoms with Crippen LogP contribution in [0.2, 0.25) is 0 Å². The molecular formula is C15H23N3O. The average molecular weight is 261 g/mol. The van der Waals surface area contributed by atoms with E-state index in [1.165, 1.54) is 18.5 Å². The molecule has 0 saturated carbocycles. The van der Waals surface area contributed by atoms with Crippen LogP contribution in [0.25, 0.3) is 0 Å². The molecule has 2 rings (SSSR count). The maximum atomic E-state index is 11.7. The summed E-state index contributed by atoms with van der Waals surface area (Å²) in [5.41, 5.74) is 1.84. The fraction of sp³-hybridized carbons (Fsp3) is 0.533. The van der Waals surface area contributed by atoms with Crippen LogP contribution in [0, 0.1) is 0 Å². The Kier molecular flexibility index (Phi) is 3.98. The van der Waals surface area contributed by atoms with Crippen LogP contribution in [-0.4, -0.2) is 24.7 Å². The van der Waals surface area contributed by atoms with Crippen LogP contribution >= 0.6 is 0 Å². The second-order valence-electron chi connectivity index (χ2n) is 6.07. The Hall–Kier alpha value is -1.71. The molecule has 0 spiro atoms. The average Bonchev–Trinajstić information content (AvgIpc) is 2.80. The summed E-state index contributed by atoms with van der Waals surface area (Å²) in [6.45, 7) is 8.16. The Morgan fingerprint density at radius 2 is 1.68 bits per heavy atom. The van der Waals surface area contributed by atoms with Gasteiger partial charge in [0.15, 0.2) is 0 Å². The Balaban J connectivity index is 1.93. The van der Waals surface area contributed by atoms with Gasteiger partial charge in [-0.25, -0.2) is 4.79 Å². The van der Waals surface area contributed by atoms with E-state index in [-0.39, 0.29) is 11.6 Å². The van der Waals surface area contributed by atoms with Gasteiger partial charge in [0.25, 0.3) is 0 Å². The van der Waals surface area contributed by atoms with Gasteiger partial charge in [0, 0.05) is 30.0 Å². The van der Waals surface area contributed by atoms with Crippen molar-refractivity contribution in [1.82, 2.24) is 5.32 Å². The molecule has 0 unspecified atom stereocenters. The van der Waals surface area contributed by atoms with Crippen LogP contribution < -0.4 is 15.5 Å². The van der Waals surface area contributed by atoms with Crippen molar-refractivity contribution in [2.45, 2.75) is 39.2 Å². The monoisotopic (exact) mass is 261 g/mol. The molecular weight excluding hydrogens is 238 g/mol. The van der Waals surface area contributed by atoms with Crippen molar-refractivity contribution in [3.63, 3.8) is 0 Å². The lowest BCUT2D eigenvalue weighted by molar-refractivity contribution is 0.244. The number of carbonyl (C=O) groups is 1. The van der Waals surface area contributed by atoms with Gasteiger partial charge in [-0.3, -0.25) is 0 Å². The van der Waals surface area contributed by atoms with Gasteiger partial charge in [-0.05, 0) is 57.9 Å². The topological polar surface area (TPSA) is 44.4 Å². The molecule has 0 aromatic heterocycles. The van der Waals surface area contributed by atoms with Gasteiger partial charge < -0.3 is 15.5 Å². The maximum Gasteiger partial charge on any atom is 0.319 e. The van der Waals surface area contributed by atoms with E-state index in [1.807, 2.05) is 32.9 Å². The SMILES string of the molecule is CC(C)(C)NC(=O)Nc1ccc(N2CCCC2)cc1. The fourth-order valence-corrected chi connectivity index (χ4v) is 2.23. The van der Waals surface area contributed by atoms with Gasteiger partial charge in [0.2, 0.25) is 0 Å². The summed E-state index contributed by atoms with van der Waals surface area (Å²) in [5.74, 6) is 0. The zero-order valence-corrected chi connectivity index (χ0v) is 12.0. The van der Waals surface area contributed by atoms with Crippen molar-refractivity contribution < 1.29 is 4.79 Å². The van der Waals surface area contributed by atoms with E-state index in [4.69, 9.17) is 0 Å². The van der Waals surface area contributed by atoms with Crippen molar-refractivity contribution in [2.75, 3.05) is 23.3 Å². The van der Waals surface area contributed by atoms with Crippen LogP contribution in [0.3, 0.4) is 0 Å². The molecule has 2 N–H and O–H groups in total. The summed E-state index contributed by atoms with van der Waals surface area (Å²) in [6, 6.07) is 7.88. The highest BCUT2D eigenvalue weighted by atomic mass is 16.2. The first-order chi connectivity index (χ1) is 8.94. The number of benzene rings is 1. The maximum absolute atomic E-state index is 11.7. The second kappa shape index (κ2) is 5.51. The summed E-state index contributed by atoms with van der Waals surface area (Å²) < 4.78 is 0. The third kappa shape index (κ3) is 4.16. The molecule has 1 aromatic rings. The largest absolute Gasteiger partial charge is 0.372 e. The van der Waals surface area contributed by atoms with Gasteiger partial charge in [-0.15, -0.1) is 0 Å². The standard InChI is InChI=1S/C15H23N3O/c1-15(2,3)17-14(19)16-12-6-8-13(9-7-12)18-10-4-5-11-18/h6-9H,4-5,10-11H2,1-3H3,(H2,16,17,19). The number of urea groups is 1. The summed E-state index contributed by atoms with van der Waals surface area (Å²) >= 11 is 0. The molecule has 19 heavy (non-hydrogen) atoms. The van der Waals surface area contributed by atoms with E-state index >= 15 is 0 Å². The zero-order valence-electron chi connectivity index (χ0n) is 12.0. The zero-order chi connectivity index (χ0) is 13.9. The summed E-state index contributed by atoms with van der Waals surface area (Å²) in [6.07, 6.45) is 2.54. The lowest BCUT2D eigenvalue weighted by atomic mass is 10.1. The lowest BCUT2D eigenvalue weighted by Crippen LogP contribution is -2.43. The molecule has 1 aromatic carbocycles. The van der Waals surface area contributed by atoms with E-state index in [0.29, 0.717) is 0 Å². The Morgan fingerprint density at radius 1 is 1.11 bits per heavy atom. The quantitative estimate of drug-likeness (QED) is 0.858. The van der Waals surface area contributed by atoms with Crippen LogP contribution in [0.4, 0.5) is 16.2 Å². The van der Waals surface area contributed by atoms with Gasteiger partial charge in [-0.2, -0.15) is 0 Å². The second-order valence-corrected chi connectivity index (χ2v) is 6.07. The molecule has 1 aliphatic rings. The van der Waals surface area contributed by atoms with E-state index in [0.717, 1.165) is 18.8 Å². The third-order valence-electron chi connectivity index (χ3n) is 3.08. The molecule has 0 aliphatic carbocycles. The van der Waals surface area contributed by atoms with E-state index < -0.39 is 0 Å². The highest BCUT2D eigenvalue weighted by molar-refractivity contribution is 5.89. The first-order valence-electron chi connectivity index (χ1n) is 6.88. The molecule has 1 saturated heterocycles. The minimum atomic E-state index is -0.223. The Labute approximate surface area is 115 Å². The van der Waals surface area contributed by atoms with Crippen LogP contribution in [0.5, 0.6) is 0 Å². The van der Waals surface area contributed by atoms with E-state index in [1.54, 1.807) is 0 Å². The highest BCUT2D eigenvalue weighted by Gasteiger charge is 2.14. The van der Waals surface area contributed by atoms with Crippen molar-refractivity contribution >= 4 is 17.4 Å². The molecule has 2 amide bonds. The fourth-order valence-electron chi connectivity index (χ4n) is 2.23. The van der Waals surface area contributed by atoms with Gasteiger partial charge in [0.1, 0.15) is 0 Å². The normalized spacial score (nSPS) is 15.4. The van der Waals surface area contributed by atoms with Gasteiger partial charge in [0.05, 0.1) is 0 Å². The lowest BCUT2D eigenvalue weighted by Gasteiger charge is -2.21. The van der Waals surface area contributed by atoms with Crippen molar-refractivity contribution in [3.05, 3.63) is 24.3 Å². The summed E-state index contributed by atoms with van der Waals surface area (Å²) in [7, 11) is 0. The first kappa shape index (κ1) is 13.7. The van der Waals surface area contributed by atoms with Gasteiger partial charge in [-0.1, -0.05) is 0 Å². The minimum Gasteiger partial charge on any atom is -0.372 e. The van der Waals surface area contributed by atoms with Crippen LogP contribution in [0.1, 0.15) is 33.6 Å². The number of hydrogen-bond donors (Lipinski definition) is 2. The Bertz CT molecular complexity index is 428. The molecule has 0 bridgehead atoms. The number of hydrogen-bond acceptors (Lipinski definition) is 2. The van der Waals surface area contributed by atoms with Crippen LogP contribution in [0.15, 0.2) is 24.3 Å². The highest BCUT2D eigenvalue weighted by Crippen LogP contribution is 2.22. The molecule has 104 valence electrons. The third-order valence-corrected chi connectivity index (χ3v) is 3.08. The van der Waals surface area contributed by atoms with Crippen molar-refractivity contribution in [1.29, 1.82) is 0 Å². The molecule has 4 nitrogen and oxygen atoms in total. The predicted octanol–water partition coefficient (Wildman–Crippen LogP) is 3.21. The number of rotatable bonds is 2. The smallest absolute Gasteiger partial charge is 0.319 e. The van der Waals surface area contributed by atoms with Crippen molar-refractivity contribution in [2.24, 2.45) is 0 Å². The molecule has 1 heterocycles. The molecule has 0 atom stereocenters. The van der Waals surface area contributed by atoms with E-state index in [9.17, 15) is 4.79 Å².